The molecule has 0 fully saturated rings. The third kappa shape index (κ3) is 2.55. The molecule has 1 aromatic carbocycles. The molecule has 1 aromatic heterocycles. The summed E-state index contributed by atoms with van der Waals surface area (Å²) in [7, 11) is 0. The van der Waals surface area contributed by atoms with Gasteiger partial charge in [0.1, 0.15) is 5.69 Å². The Morgan fingerprint density at radius 3 is 2.91 bits per heavy atom. The molecule has 0 aliphatic carbocycles. The maximum Gasteiger partial charge on any atom is 0.303 e. The molecule has 0 bridgehead atoms. The van der Waals surface area contributed by atoms with Crippen molar-refractivity contribution in [2.24, 2.45) is 11.5 Å². The summed E-state index contributed by atoms with van der Waals surface area (Å²) in [6.45, 7) is 3.66. The molecule has 6 nitrogen and oxygen atoms in total. The van der Waals surface area contributed by atoms with Gasteiger partial charge in [0.25, 0.3) is 5.13 Å². The molecule has 1 aliphatic rings. The van der Waals surface area contributed by atoms with Crippen molar-refractivity contribution in [2.45, 2.75) is 26.3 Å². The van der Waals surface area contributed by atoms with Gasteiger partial charge >= 0.3 is 5.96 Å². The van der Waals surface area contributed by atoms with Gasteiger partial charge in [-0.05, 0) is 37.1 Å². The van der Waals surface area contributed by atoms with Crippen molar-refractivity contribution in [3.8, 4) is 11.3 Å². The quantitative estimate of drug-likeness (QED) is 0.540. The SMILES string of the molecule is CC(=O)N1c2ccc(-c3csc([NH+]=C(N)N)n3)cc2C[C@@H]1C. The number of guanidine groups is 1. The highest BCUT2D eigenvalue weighted by molar-refractivity contribution is 7.13. The standard InChI is InChI=1S/C15H17N5OS/c1-8-5-11-6-10(3-4-13(11)20(8)9(2)21)12-7-22-15(18-12)19-14(16)17/h3-4,6-8H,5H2,1-2H3,(H4,16,17,18,19)/p+1/t8-/m0/s1. The Hall–Kier alpha value is -2.41. The molecule has 1 atom stereocenters. The van der Waals surface area contributed by atoms with E-state index in [4.69, 9.17) is 11.5 Å². The molecule has 7 heteroatoms. The third-order valence-electron chi connectivity index (χ3n) is 3.69. The number of rotatable bonds is 2. The van der Waals surface area contributed by atoms with Crippen LogP contribution >= 0.6 is 11.3 Å². The van der Waals surface area contributed by atoms with Crippen LogP contribution in [0.25, 0.3) is 11.3 Å². The minimum Gasteiger partial charge on any atom is -0.311 e. The molecule has 2 aromatic rings. The van der Waals surface area contributed by atoms with Gasteiger partial charge < -0.3 is 16.4 Å². The second kappa shape index (κ2) is 5.42. The van der Waals surface area contributed by atoms with E-state index in [1.54, 1.807) is 6.92 Å². The molecule has 0 unspecified atom stereocenters. The second-order valence-corrected chi connectivity index (χ2v) is 6.26. The first-order chi connectivity index (χ1) is 10.5. The van der Waals surface area contributed by atoms with Gasteiger partial charge in [-0.2, -0.15) is 0 Å². The number of hydrogen-bond donors (Lipinski definition) is 3. The smallest absolute Gasteiger partial charge is 0.303 e. The fraction of sp³-hybridized carbons (Fsp3) is 0.267. The number of nitrogens with one attached hydrogen (secondary N) is 1. The molecule has 0 spiro atoms. The monoisotopic (exact) mass is 316 g/mol. The molecule has 2 heterocycles. The topological polar surface area (TPSA) is 99.2 Å². The van der Waals surface area contributed by atoms with Crippen LogP contribution in [0.15, 0.2) is 23.6 Å². The summed E-state index contributed by atoms with van der Waals surface area (Å²) in [6.07, 6.45) is 0.863. The van der Waals surface area contributed by atoms with Gasteiger partial charge in [-0.1, -0.05) is 11.3 Å². The Labute approximate surface area is 132 Å². The number of aromatic nitrogens is 1. The van der Waals surface area contributed by atoms with E-state index in [-0.39, 0.29) is 17.9 Å². The highest BCUT2D eigenvalue weighted by Crippen LogP contribution is 2.35. The van der Waals surface area contributed by atoms with E-state index in [1.807, 2.05) is 22.4 Å². The van der Waals surface area contributed by atoms with Crippen molar-refractivity contribution in [3.05, 3.63) is 29.1 Å². The number of carbonyl (C=O) groups excluding carboxylic acids is 1. The number of hydrogen-bond acceptors (Lipinski definition) is 3. The number of benzene rings is 1. The van der Waals surface area contributed by atoms with Crippen LogP contribution in [0, 0.1) is 0 Å². The molecule has 0 radical (unpaired) electrons. The first-order valence-electron chi connectivity index (χ1n) is 6.99. The molecule has 1 aliphatic heterocycles. The number of thiazole rings is 1. The van der Waals surface area contributed by atoms with Gasteiger partial charge in [0.2, 0.25) is 5.91 Å². The summed E-state index contributed by atoms with van der Waals surface area (Å²) in [5.41, 5.74) is 14.9. The zero-order valence-corrected chi connectivity index (χ0v) is 13.3. The maximum absolute atomic E-state index is 11.8. The van der Waals surface area contributed by atoms with Crippen molar-refractivity contribution in [1.29, 1.82) is 0 Å². The molecule has 0 saturated carbocycles. The van der Waals surface area contributed by atoms with Crippen molar-refractivity contribution in [2.75, 3.05) is 4.90 Å². The first kappa shape index (κ1) is 14.5. The van der Waals surface area contributed by atoms with Gasteiger partial charge in [0, 0.05) is 29.6 Å². The largest absolute Gasteiger partial charge is 0.311 e. The Balaban J connectivity index is 1.95. The number of carbonyl (C=O) groups is 1. The molecular formula is C15H18N5OS+. The highest BCUT2D eigenvalue weighted by Gasteiger charge is 2.29. The zero-order chi connectivity index (χ0) is 15.9. The van der Waals surface area contributed by atoms with Crippen LogP contribution in [0.3, 0.4) is 0 Å². The second-order valence-electron chi connectivity index (χ2n) is 5.40. The summed E-state index contributed by atoms with van der Waals surface area (Å²) in [6, 6.07) is 6.28. The fourth-order valence-corrected chi connectivity index (χ4v) is 3.60. The number of nitrogens with two attached hydrogens (primary N) is 2. The zero-order valence-electron chi connectivity index (χ0n) is 12.5. The van der Waals surface area contributed by atoms with Gasteiger partial charge in [-0.15, -0.1) is 4.98 Å². The summed E-state index contributed by atoms with van der Waals surface area (Å²) in [5.74, 6) is 0.203. The first-order valence-corrected chi connectivity index (χ1v) is 7.87. The lowest BCUT2D eigenvalue weighted by atomic mass is 10.1. The van der Waals surface area contributed by atoms with E-state index in [1.165, 1.54) is 16.9 Å². The Bertz CT molecular complexity index is 763. The molecular weight excluding hydrogens is 298 g/mol. The minimum absolute atomic E-state index is 0.0769. The molecule has 3 rings (SSSR count). The highest BCUT2D eigenvalue weighted by atomic mass is 32.1. The number of amides is 1. The minimum atomic E-state index is 0.0769. The molecule has 0 saturated heterocycles. The Morgan fingerprint density at radius 1 is 1.45 bits per heavy atom. The van der Waals surface area contributed by atoms with Crippen LogP contribution in [-0.2, 0) is 11.2 Å². The van der Waals surface area contributed by atoms with Crippen molar-refractivity contribution < 1.29 is 9.79 Å². The Kier molecular flexibility index (Phi) is 3.58. The van der Waals surface area contributed by atoms with Gasteiger partial charge in [-0.25, -0.2) is 4.99 Å². The number of anilines is 1. The number of nitrogens with zero attached hydrogens (tertiary/aromatic N) is 2. The average Bonchev–Trinajstić information content (AvgIpc) is 3.00. The van der Waals surface area contributed by atoms with Crippen LogP contribution in [0.2, 0.25) is 0 Å². The maximum atomic E-state index is 11.8. The van der Waals surface area contributed by atoms with Crippen LogP contribution in [0.5, 0.6) is 0 Å². The van der Waals surface area contributed by atoms with E-state index < -0.39 is 0 Å². The number of fused-ring (bicyclic) bond motifs is 1. The van der Waals surface area contributed by atoms with Crippen molar-refractivity contribution >= 4 is 34.0 Å². The molecule has 5 N–H and O–H groups in total. The van der Waals surface area contributed by atoms with Crippen LogP contribution in [0.4, 0.5) is 10.8 Å². The van der Waals surface area contributed by atoms with E-state index in [2.05, 4.69) is 23.0 Å². The lowest BCUT2D eigenvalue weighted by Crippen LogP contribution is -2.72. The average molecular weight is 316 g/mol. The lowest BCUT2D eigenvalue weighted by Gasteiger charge is -2.20. The van der Waals surface area contributed by atoms with Crippen molar-refractivity contribution in [3.63, 3.8) is 0 Å². The van der Waals surface area contributed by atoms with E-state index in [0.29, 0.717) is 5.13 Å². The lowest BCUT2D eigenvalue weighted by molar-refractivity contribution is -0.355. The fourth-order valence-electron chi connectivity index (χ4n) is 2.86. The molecule has 1 amide bonds. The van der Waals surface area contributed by atoms with E-state index in [9.17, 15) is 4.79 Å². The van der Waals surface area contributed by atoms with Gasteiger partial charge in [-0.3, -0.25) is 4.79 Å². The summed E-state index contributed by atoms with van der Waals surface area (Å²) < 4.78 is 0. The third-order valence-corrected chi connectivity index (χ3v) is 4.44. The van der Waals surface area contributed by atoms with Gasteiger partial charge in [0.15, 0.2) is 0 Å². The molecule has 22 heavy (non-hydrogen) atoms. The molecule has 114 valence electrons. The normalized spacial score (nSPS) is 16.5. The summed E-state index contributed by atoms with van der Waals surface area (Å²) in [4.78, 5) is 20.9. The Morgan fingerprint density at radius 2 is 2.23 bits per heavy atom. The summed E-state index contributed by atoms with van der Waals surface area (Å²) >= 11 is 1.44. The van der Waals surface area contributed by atoms with Crippen molar-refractivity contribution in [1.82, 2.24) is 4.98 Å². The van der Waals surface area contributed by atoms with Crippen LogP contribution < -0.4 is 21.4 Å². The predicted molar refractivity (Wildman–Crippen MR) is 87.9 cm³/mol. The van der Waals surface area contributed by atoms with Crippen LogP contribution in [-0.4, -0.2) is 22.9 Å². The van der Waals surface area contributed by atoms with E-state index >= 15 is 0 Å². The van der Waals surface area contributed by atoms with Crippen LogP contribution in [0.1, 0.15) is 19.4 Å². The summed E-state index contributed by atoms with van der Waals surface area (Å²) in [5, 5.41) is 2.61. The van der Waals surface area contributed by atoms with E-state index in [0.717, 1.165) is 23.4 Å². The van der Waals surface area contributed by atoms with Gasteiger partial charge in [0.05, 0.1) is 0 Å². The predicted octanol–water partition coefficient (Wildman–Crippen LogP) is 0.0931.